The Bertz CT molecular complexity index is 859. The van der Waals surface area contributed by atoms with E-state index in [1.54, 1.807) is 24.3 Å². The van der Waals surface area contributed by atoms with E-state index in [1.807, 2.05) is 31.2 Å². The molecule has 0 saturated heterocycles. The van der Waals surface area contributed by atoms with Crippen LogP contribution in [0.3, 0.4) is 0 Å². The van der Waals surface area contributed by atoms with Gasteiger partial charge in [-0.25, -0.2) is 4.68 Å². The quantitative estimate of drug-likeness (QED) is 0.773. The second kappa shape index (κ2) is 6.58. The Morgan fingerprint density at radius 1 is 1.17 bits per heavy atom. The average molecular weight is 311 g/mol. The van der Waals surface area contributed by atoms with Crippen LogP contribution in [-0.4, -0.2) is 32.8 Å². The highest BCUT2D eigenvalue weighted by atomic mass is 16.5. The normalized spacial score (nSPS) is 12.3. The Kier molecular flexibility index (Phi) is 4.34. The van der Waals surface area contributed by atoms with E-state index < -0.39 is 6.10 Å². The third kappa shape index (κ3) is 3.54. The summed E-state index contributed by atoms with van der Waals surface area (Å²) in [6.07, 6.45) is -0.857. The molecule has 0 aliphatic heterocycles. The molecule has 1 N–H and O–H groups in total. The summed E-state index contributed by atoms with van der Waals surface area (Å²) in [7, 11) is 0. The molecular weight excluding hydrogens is 294 g/mol. The van der Waals surface area contributed by atoms with E-state index in [0.717, 1.165) is 10.2 Å². The molecule has 2 aromatic carbocycles. The molecule has 0 amide bonds. The predicted molar refractivity (Wildman–Crippen MR) is 86.5 cm³/mol. The summed E-state index contributed by atoms with van der Waals surface area (Å²) >= 11 is 0. The second-order valence-corrected chi connectivity index (χ2v) is 5.37. The summed E-state index contributed by atoms with van der Waals surface area (Å²) in [5.74, 6) is 0.673. The van der Waals surface area contributed by atoms with Crippen LogP contribution in [-0.2, 0) is 6.54 Å². The van der Waals surface area contributed by atoms with Crippen molar-refractivity contribution in [3.63, 3.8) is 0 Å². The molecule has 3 rings (SSSR count). The first-order chi connectivity index (χ1) is 11.1. The van der Waals surface area contributed by atoms with Crippen molar-refractivity contribution >= 4 is 10.9 Å². The van der Waals surface area contributed by atoms with Crippen LogP contribution in [0.15, 0.2) is 53.3 Å². The predicted octanol–water partition coefficient (Wildman–Crippen LogP) is 1.54. The molecule has 0 fully saturated rings. The number of nitrogens with zero attached hydrogens (tertiary/aromatic N) is 3. The maximum Gasteiger partial charge on any atom is 0.277 e. The van der Waals surface area contributed by atoms with E-state index in [4.69, 9.17) is 4.74 Å². The number of benzene rings is 2. The van der Waals surface area contributed by atoms with E-state index in [2.05, 4.69) is 10.3 Å². The number of aliphatic hydroxyl groups is 1. The van der Waals surface area contributed by atoms with Gasteiger partial charge in [0.1, 0.15) is 24.0 Å². The van der Waals surface area contributed by atoms with Crippen molar-refractivity contribution in [3.05, 3.63) is 64.4 Å². The maximum absolute atomic E-state index is 12.3. The minimum Gasteiger partial charge on any atom is -0.491 e. The van der Waals surface area contributed by atoms with Crippen LogP contribution in [0.4, 0.5) is 0 Å². The van der Waals surface area contributed by atoms with E-state index in [0.29, 0.717) is 16.7 Å². The molecule has 0 aliphatic carbocycles. The van der Waals surface area contributed by atoms with Crippen molar-refractivity contribution in [1.82, 2.24) is 15.0 Å². The van der Waals surface area contributed by atoms with Crippen molar-refractivity contribution in [2.24, 2.45) is 0 Å². The smallest absolute Gasteiger partial charge is 0.277 e. The maximum atomic E-state index is 12.3. The number of hydrogen-bond acceptors (Lipinski definition) is 5. The Balaban J connectivity index is 1.68. The minimum absolute atomic E-state index is 0.0303. The molecule has 6 heteroatoms. The van der Waals surface area contributed by atoms with Gasteiger partial charge < -0.3 is 9.84 Å². The van der Waals surface area contributed by atoms with Gasteiger partial charge in [0.15, 0.2) is 0 Å². The molecule has 23 heavy (non-hydrogen) atoms. The lowest BCUT2D eigenvalue weighted by atomic mass is 10.2. The fourth-order valence-electron chi connectivity index (χ4n) is 2.22. The summed E-state index contributed by atoms with van der Waals surface area (Å²) in [5.41, 5.74) is 1.40. The van der Waals surface area contributed by atoms with Crippen LogP contribution in [0.5, 0.6) is 5.75 Å². The van der Waals surface area contributed by atoms with Crippen LogP contribution >= 0.6 is 0 Å². The number of aryl methyl sites for hydroxylation is 1. The Hall–Kier alpha value is -2.73. The minimum atomic E-state index is -0.857. The number of fused-ring (bicyclic) bond motifs is 1. The number of ether oxygens (including phenoxy) is 1. The van der Waals surface area contributed by atoms with Crippen molar-refractivity contribution in [3.8, 4) is 5.75 Å². The fourth-order valence-corrected chi connectivity index (χ4v) is 2.22. The van der Waals surface area contributed by atoms with Crippen molar-refractivity contribution in [2.75, 3.05) is 6.61 Å². The van der Waals surface area contributed by atoms with Crippen LogP contribution < -0.4 is 10.3 Å². The zero-order valence-electron chi connectivity index (χ0n) is 12.7. The molecule has 1 unspecified atom stereocenters. The summed E-state index contributed by atoms with van der Waals surface area (Å²) in [6.45, 7) is 2.09. The van der Waals surface area contributed by atoms with E-state index in [1.165, 1.54) is 0 Å². The first-order valence-electron chi connectivity index (χ1n) is 7.33. The molecule has 0 aliphatic rings. The van der Waals surface area contributed by atoms with E-state index in [9.17, 15) is 9.90 Å². The van der Waals surface area contributed by atoms with Crippen molar-refractivity contribution in [2.45, 2.75) is 19.6 Å². The summed E-state index contributed by atoms with van der Waals surface area (Å²) < 4.78 is 6.67. The third-order valence-corrected chi connectivity index (χ3v) is 3.48. The molecular formula is C17H17N3O3. The van der Waals surface area contributed by atoms with E-state index in [-0.39, 0.29) is 18.7 Å². The fraction of sp³-hybridized carbons (Fsp3) is 0.235. The summed E-state index contributed by atoms with van der Waals surface area (Å²) in [4.78, 5) is 12.3. The van der Waals surface area contributed by atoms with Crippen molar-refractivity contribution in [1.29, 1.82) is 0 Å². The van der Waals surface area contributed by atoms with Crippen LogP contribution in [0.1, 0.15) is 5.56 Å². The van der Waals surface area contributed by atoms with Gasteiger partial charge in [0.25, 0.3) is 5.56 Å². The molecule has 6 nitrogen and oxygen atoms in total. The van der Waals surface area contributed by atoms with Gasteiger partial charge in [-0.05, 0) is 31.2 Å². The van der Waals surface area contributed by atoms with Gasteiger partial charge in [0, 0.05) is 0 Å². The third-order valence-electron chi connectivity index (χ3n) is 3.48. The zero-order valence-corrected chi connectivity index (χ0v) is 12.7. The molecule has 0 bridgehead atoms. The second-order valence-electron chi connectivity index (χ2n) is 5.37. The van der Waals surface area contributed by atoms with Crippen molar-refractivity contribution < 1.29 is 9.84 Å². The Labute approximate surface area is 133 Å². The van der Waals surface area contributed by atoms with Crippen LogP contribution in [0.25, 0.3) is 10.9 Å². The number of hydrogen-bond donors (Lipinski definition) is 1. The monoisotopic (exact) mass is 311 g/mol. The molecule has 3 aromatic rings. The molecule has 118 valence electrons. The van der Waals surface area contributed by atoms with E-state index >= 15 is 0 Å². The largest absolute Gasteiger partial charge is 0.491 e. The number of aromatic nitrogens is 3. The van der Waals surface area contributed by atoms with Gasteiger partial charge in [0.05, 0.1) is 11.9 Å². The van der Waals surface area contributed by atoms with Gasteiger partial charge in [-0.3, -0.25) is 4.79 Å². The van der Waals surface area contributed by atoms with Crippen LogP contribution in [0.2, 0.25) is 0 Å². The first kappa shape index (κ1) is 15.2. The lowest BCUT2D eigenvalue weighted by Gasteiger charge is -2.13. The Morgan fingerprint density at radius 3 is 2.70 bits per heavy atom. The average Bonchev–Trinajstić information content (AvgIpc) is 2.57. The molecule has 1 aromatic heterocycles. The number of rotatable bonds is 5. The first-order valence-corrected chi connectivity index (χ1v) is 7.33. The number of aliphatic hydroxyl groups excluding tert-OH is 1. The lowest BCUT2D eigenvalue weighted by molar-refractivity contribution is 0.0873. The highest BCUT2D eigenvalue weighted by Crippen LogP contribution is 2.11. The van der Waals surface area contributed by atoms with Gasteiger partial charge in [-0.15, -0.1) is 5.10 Å². The SMILES string of the molecule is Cc1ccc(OCC(O)Cn2nnc3ccccc3c2=O)cc1. The molecule has 0 spiro atoms. The summed E-state index contributed by atoms with van der Waals surface area (Å²) in [5, 5.41) is 18.4. The van der Waals surface area contributed by atoms with Crippen LogP contribution in [0, 0.1) is 6.92 Å². The molecule has 0 saturated carbocycles. The molecule has 0 radical (unpaired) electrons. The van der Waals surface area contributed by atoms with Gasteiger partial charge in [-0.1, -0.05) is 35.0 Å². The molecule has 1 heterocycles. The summed E-state index contributed by atoms with van der Waals surface area (Å²) in [6, 6.07) is 14.5. The molecule has 1 atom stereocenters. The van der Waals surface area contributed by atoms with Gasteiger partial charge >= 0.3 is 0 Å². The standard InChI is InChI=1S/C17H17N3O3/c1-12-6-8-14(9-7-12)23-11-13(21)10-20-17(22)15-4-2-3-5-16(15)18-19-20/h2-9,13,21H,10-11H2,1H3. The lowest BCUT2D eigenvalue weighted by Crippen LogP contribution is -2.32. The zero-order chi connectivity index (χ0) is 16.2. The Morgan fingerprint density at radius 2 is 1.91 bits per heavy atom. The van der Waals surface area contributed by atoms with Gasteiger partial charge in [0.2, 0.25) is 0 Å². The van der Waals surface area contributed by atoms with Gasteiger partial charge in [-0.2, -0.15) is 0 Å². The topological polar surface area (TPSA) is 77.2 Å². The highest BCUT2D eigenvalue weighted by Gasteiger charge is 2.11. The highest BCUT2D eigenvalue weighted by molar-refractivity contribution is 5.76.